The largest absolute Gasteiger partial charge is 0.278 e. The Balaban J connectivity index is 1.82. The fraction of sp³-hybridized carbons (Fsp3) is 0.240. The van der Waals surface area contributed by atoms with E-state index in [1.807, 2.05) is 50.2 Å². The number of benzene rings is 2. The van der Waals surface area contributed by atoms with E-state index >= 15 is 0 Å². The topological polar surface area (TPSA) is 46.1 Å². The van der Waals surface area contributed by atoms with Gasteiger partial charge in [-0.2, -0.15) is 0 Å². The summed E-state index contributed by atoms with van der Waals surface area (Å²) in [5.41, 5.74) is 5.81. The first-order valence-corrected chi connectivity index (χ1v) is 10.9. The zero-order valence-electron chi connectivity index (χ0n) is 17.7. The summed E-state index contributed by atoms with van der Waals surface area (Å²) in [4.78, 5) is 24.8. The van der Waals surface area contributed by atoms with Crippen LogP contribution in [-0.4, -0.2) is 15.9 Å². The highest BCUT2D eigenvalue weighted by Gasteiger charge is 2.24. The molecule has 0 bridgehead atoms. The second kappa shape index (κ2) is 8.36. The summed E-state index contributed by atoms with van der Waals surface area (Å²) in [6.45, 7) is 8.73. The van der Waals surface area contributed by atoms with Gasteiger partial charge in [0.25, 0.3) is 5.91 Å². The van der Waals surface area contributed by atoms with Gasteiger partial charge in [0.2, 0.25) is 0 Å². The van der Waals surface area contributed by atoms with Crippen LogP contribution in [-0.2, 0) is 6.54 Å². The molecule has 0 N–H and O–H groups in total. The van der Waals surface area contributed by atoms with Gasteiger partial charge in [0.1, 0.15) is 0 Å². The van der Waals surface area contributed by atoms with E-state index in [9.17, 15) is 4.79 Å². The predicted octanol–water partition coefficient (Wildman–Crippen LogP) is 6.28. The summed E-state index contributed by atoms with van der Waals surface area (Å²) >= 11 is 1.55. The average molecular weight is 416 g/mol. The highest BCUT2D eigenvalue weighted by atomic mass is 32.1. The van der Waals surface area contributed by atoms with E-state index in [2.05, 4.69) is 37.0 Å². The second-order valence-corrected chi connectivity index (χ2v) is 8.88. The number of aromatic nitrogens is 2. The molecule has 0 saturated carbocycles. The van der Waals surface area contributed by atoms with E-state index in [4.69, 9.17) is 4.98 Å². The van der Waals surface area contributed by atoms with Crippen LogP contribution in [0.3, 0.4) is 0 Å². The monoisotopic (exact) mass is 415 g/mol. The molecule has 0 unspecified atom stereocenters. The van der Waals surface area contributed by atoms with E-state index in [1.165, 1.54) is 5.56 Å². The zero-order chi connectivity index (χ0) is 21.3. The zero-order valence-corrected chi connectivity index (χ0v) is 18.5. The number of hydrogen-bond acceptors (Lipinski definition) is 4. The minimum atomic E-state index is -0.0525. The van der Waals surface area contributed by atoms with E-state index < -0.39 is 0 Å². The molecule has 0 saturated heterocycles. The molecular weight excluding hydrogens is 390 g/mol. The molecule has 0 atom stereocenters. The molecule has 0 fully saturated rings. The van der Waals surface area contributed by atoms with Crippen molar-refractivity contribution in [2.24, 2.45) is 0 Å². The molecule has 2 heterocycles. The Kier molecular flexibility index (Phi) is 5.64. The average Bonchev–Trinajstić information content (AvgIpc) is 3.16. The van der Waals surface area contributed by atoms with E-state index in [-0.39, 0.29) is 5.91 Å². The van der Waals surface area contributed by atoms with Crippen LogP contribution in [0.5, 0.6) is 0 Å². The second-order valence-electron chi connectivity index (χ2n) is 7.88. The van der Waals surface area contributed by atoms with E-state index in [1.54, 1.807) is 22.4 Å². The lowest BCUT2D eigenvalue weighted by Gasteiger charge is -2.21. The van der Waals surface area contributed by atoms with Gasteiger partial charge in [-0.1, -0.05) is 61.1 Å². The van der Waals surface area contributed by atoms with Crippen molar-refractivity contribution < 1.29 is 4.79 Å². The summed E-state index contributed by atoms with van der Waals surface area (Å²) in [7, 11) is 0. The number of pyridine rings is 1. The van der Waals surface area contributed by atoms with Crippen LogP contribution in [0.15, 0.2) is 60.8 Å². The van der Waals surface area contributed by atoms with Crippen molar-refractivity contribution in [1.82, 2.24) is 9.97 Å². The maximum Gasteiger partial charge on any atom is 0.260 e. The number of thiazole rings is 1. The van der Waals surface area contributed by atoms with Crippen LogP contribution in [0.25, 0.3) is 10.2 Å². The van der Waals surface area contributed by atoms with Crippen LogP contribution < -0.4 is 4.90 Å². The molecule has 1 amide bonds. The number of rotatable bonds is 5. The lowest BCUT2D eigenvalue weighted by Crippen LogP contribution is -2.31. The molecule has 0 aliphatic rings. The fourth-order valence-corrected chi connectivity index (χ4v) is 4.62. The number of fused-ring (bicyclic) bond motifs is 1. The number of aryl methyl sites for hydroxylation is 2. The SMILES string of the molecule is Cc1ccc(C(=O)N(Cc2ccccn2)c2nc3c(C(C)C)cccc3s2)c(C)c1. The number of para-hydroxylation sites is 1. The quantitative estimate of drug-likeness (QED) is 0.385. The first-order chi connectivity index (χ1) is 14.4. The van der Waals surface area contributed by atoms with Crippen molar-refractivity contribution in [3.05, 3.63) is 88.7 Å². The van der Waals surface area contributed by atoms with Crippen LogP contribution in [0, 0.1) is 13.8 Å². The summed E-state index contributed by atoms with van der Waals surface area (Å²) in [5.74, 6) is 0.311. The normalized spacial score (nSPS) is 11.2. The summed E-state index contributed by atoms with van der Waals surface area (Å²) in [6, 6.07) is 17.9. The summed E-state index contributed by atoms with van der Waals surface area (Å²) < 4.78 is 1.09. The number of amides is 1. The third kappa shape index (κ3) is 3.98. The molecular formula is C25H25N3OS. The van der Waals surface area contributed by atoms with Gasteiger partial charge >= 0.3 is 0 Å². The lowest BCUT2D eigenvalue weighted by molar-refractivity contribution is 0.0984. The molecule has 0 spiro atoms. The summed E-state index contributed by atoms with van der Waals surface area (Å²) in [6.07, 6.45) is 1.75. The molecule has 2 aromatic heterocycles. The lowest BCUT2D eigenvalue weighted by atomic mass is 10.0. The molecule has 5 heteroatoms. The van der Waals surface area contributed by atoms with E-state index in [0.717, 1.165) is 27.0 Å². The van der Waals surface area contributed by atoms with Gasteiger partial charge < -0.3 is 0 Å². The number of anilines is 1. The number of nitrogens with zero attached hydrogens (tertiary/aromatic N) is 3. The third-order valence-corrected chi connectivity index (χ3v) is 6.24. The molecule has 4 rings (SSSR count). The molecule has 0 radical (unpaired) electrons. The van der Waals surface area contributed by atoms with Crippen LogP contribution >= 0.6 is 11.3 Å². The standard InChI is InChI=1S/C25H25N3OS/c1-16(2)20-9-7-10-22-23(20)27-25(30-22)28(15-19-8-5-6-13-26-19)24(29)21-12-11-17(3)14-18(21)4/h5-14,16H,15H2,1-4H3. The molecule has 152 valence electrons. The van der Waals surface area contributed by atoms with Crippen LogP contribution in [0.1, 0.15) is 52.5 Å². The maximum atomic E-state index is 13.6. The van der Waals surface area contributed by atoms with Crippen molar-refractivity contribution in [2.45, 2.75) is 40.2 Å². The Bertz CT molecular complexity index is 1200. The fourth-order valence-electron chi connectivity index (χ4n) is 3.62. The highest BCUT2D eigenvalue weighted by molar-refractivity contribution is 7.22. The Hall–Kier alpha value is -3.05. The molecule has 4 aromatic rings. The van der Waals surface area contributed by atoms with Gasteiger partial charge in [0.05, 0.1) is 22.5 Å². The first kappa shape index (κ1) is 20.2. The van der Waals surface area contributed by atoms with Crippen molar-refractivity contribution in [3.8, 4) is 0 Å². The molecule has 0 aliphatic carbocycles. The highest BCUT2D eigenvalue weighted by Crippen LogP contribution is 2.34. The van der Waals surface area contributed by atoms with Gasteiger partial charge in [0.15, 0.2) is 5.13 Å². The van der Waals surface area contributed by atoms with Crippen molar-refractivity contribution in [3.63, 3.8) is 0 Å². The Labute approximate surface area is 181 Å². The Morgan fingerprint density at radius 3 is 2.60 bits per heavy atom. The minimum Gasteiger partial charge on any atom is -0.278 e. The maximum absolute atomic E-state index is 13.6. The van der Waals surface area contributed by atoms with Crippen LogP contribution in [0.4, 0.5) is 5.13 Å². The predicted molar refractivity (Wildman–Crippen MR) is 124 cm³/mol. The van der Waals surface area contributed by atoms with Crippen molar-refractivity contribution in [1.29, 1.82) is 0 Å². The van der Waals surface area contributed by atoms with Crippen LogP contribution in [0.2, 0.25) is 0 Å². The first-order valence-electron chi connectivity index (χ1n) is 10.1. The molecule has 2 aromatic carbocycles. The smallest absolute Gasteiger partial charge is 0.260 e. The van der Waals surface area contributed by atoms with Crippen molar-refractivity contribution >= 4 is 32.6 Å². The Morgan fingerprint density at radius 2 is 1.90 bits per heavy atom. The summed E-state index contributed by atoms with van der Waals surface area (Å²) in [5, 5.41) is 0.703. The number of hydrogen-bond donors (Lipinski definition) is 0. The third-order valence-electron chi connectivity index (χ3n) is 5.20. The molecule has 4 nitrogen and oxygen atoms in total. The van der Waals surface area contributed by atoms with Gasteiger partial charge in [-0.05, 0) is 55.2 Å². The van der Waals surface area contributed by atoms with Crippen molar-refractivity contribution in [2.75, 3.05) is 4.90 Å². The minimum absolute atomic E-state index is 0.0525. The molecule has 0 aliphatic heterocycles. The number of carbonyl (C=O) groups excluding carboxylic acids is 1. The van der Waals surface area contributed by atoms with Gasteiger partial charge in [0, 0.05) is 11.8 Å². The Morgan fingerprint density at radius 1 is 1.07 bits per heavy atom. The van der Waals surface area contributed by atoms with E-state index in [0.29, 0.717) is 23.2 Å². The number of carbonyl (C=O) groups is 1. The van der Waals surface area contributed by atoms with Gasteiger partial charge in [-0.3, -0.25) is 14.7 Å². The van der Waals surface area contributed by atoms with Gasteiger partial charge in [-0.15, -0.1) is 0 Å². The molecule has 30 heavy (non-hydrogen) atoms. The van der Waals surface area contributed by atoms with Gasteiger partial charge in [-0.25, -0.2) is 4.98 Å².